The van der Waals surface area contributed by atoms with Crippen molar-refractivity contribution in [1.29, 1.82) is 0 Å². The summed E-state index contributed by atoms with van der Waals surface area (Å²) < 4.78 is 5.57. The summed E-state index contributed by atoms with van der Waals surface area (Å²) in [6.45, 7) is 2.49. The van der Waals surface area contributed by atoms with Gasteiger partial charge in [0.25, 0.3) is 0 Å². The zero-order valence-electron chi connectivity index (χ0n) is 10.3. The molecule has 1 unspecified atom stereocenters. The summed E-state index contributed by atoms with van der Waals surface area (Å²) in [4.78, 5) is 23.7. The molecular formula is C14H15NO3. The first-order valence-electron chi connectivity index (χ1n) is 6.20. The molecule has 4 heteroatoms. The molecule has 0 saturated carbocycles. The minimum Gasteiger partial charge on any atom is -0.367 e. The number of carbonyl (C=O) groups is 2. The van der Waals surface area contributed by atoms with Crippen LogP contribution in [0.5, 0.6) is 0 Å². The lowest BCUT2D eigenvalue weighted by atomic mass is 9.91. The van der Waals surface area contributed by atoms with Crippen LogP contribution in [0.1, 0.15) is 35.7 Å². The number of nitrogens with one attached hydrogen (secondary N) is 1. The van der Waals surface area contributed by atoms with Crippen LogP contribution in [-0.4, -0.2) is 23.9 Å². The minimum atomic E-state index is -0.690. The molecule has 0 bridgehead atoms. The van der Waals surface area contributed by atoms with Gasteiger partial charge in [-0.3, -0.25) is 9.59 Å². The van der Waals surface area contributed by atoms with Crippen molar-refractivity contribution in [2.75, 3.05) is 11.9 Å². The molecule has 1 amide bonds. The number of fused-ring (bicyclic) bond motifs is 1. The first-order chi connectivity index (χ1) is 8.58. The molecule has 1 atom stereocenters. The molecule has 94 valence electrons. The molecular weight excluding hydrogens is 230 g/mol. The van der Waals surface area contributed by atoms with Crippen LogP contribution in [0.15, 0.2) is 18.2 Å². The van der Waals surface area contributed by atoms with Gasteiger partial charge in [-0.15, -0.1) is 0 Å². The van der Waals surface area contributed by atoms with Gasteiger partial charge in [0.05, 0.1) is 6.42 Å². The van der Waals surface area contributed by atoms with Gasteiger partial charge in [-0.05, 0) is 43.5 Å². The predicted octanol–water partition coefficient (Wildman–Crippen LogP) is 1.93. The maximum absolute atomic E-state index is 12.4. The third-order valence-electron chi connectivity index (χ3n) is 3.69. The Hall–Kier alpha value is -1.68. The normalized spacial score (nSPS) is 25.9. The maximum atomic E-state index is 12.4. The van der Waals surface area contributed by atoms with Crippen molar-refractivity contribution in [1.82, 2.24) is 0 Å². The highest BCUT2D eigenvalue weighted by molar-refractivity contribution is 6.05. The van der Waals surface area contributed by atoms with E-state index < -0.39 is 5.60 Å². The number of hydrogen-bond donors (Lipinski definition) is 1. The first kappa shape index (κ1) is 11.4. The van der Waals surface area contributed by atoms with Crippen molar-refractivity contribution in [2.45, 2.75) is 31.8 Å². The predicted molar refractivity (Wildman–Crippen MR) is 66.7 cm³/mol. The Morgan fingerprint density at radius 3 is 3.00 bits per heavy atom. The summed E-state index contributed by atoms with van der Waals surface area (Å²) >= 11 is 0. The average molecular weight is 245 g/mol. The number of amides is 1. The number of ketones is 1. The van der Waals surface area contributed by atoms with Crippen LogP contribution in [0.3, 0.4) is 0 Å². The van der Waals surface area contributed by atoms with E-state index >= 15 is 0 Å². The summed E-state index contributed by atoms with van der Waals surface area (Å²) in [6, 6.07) is 5.37. The summed E-state index contributed by atoms with van der Waals surface area (Å²) in [5, 5.41) is 2.76. The van der Waals surface area contributed by atoms with Crippen molar-refractivity contribution in [3.63, 3.8) is 0 Å². The van der Waals surface area contributed by atoms with Crippen molar-refractivity contribution < 1.29 is 14.3 Å². The summed E-state index contributed by atoms with van der Waals surface area (Å²) in [5.41, 5.74) is 1.65. The SMILES string of the molecule is CC1(C(=O)c2ccc3c(c2)CC(=O)N3)CCCO1. The highest BCUT2D eigenvalue weighted by Gasteiger charge is 2.38. The standard InChI is InChI=1S/C14H15NO3/c1-14(5-2-6-18-14)13(17)9-3-4-11-10(7-9)8-12(16)15-11/h3-4,7H,2,5-6,8H2,1H3,(H,15,16). The van der Waals surface area contributed by atoms with Crippen molar-refractivity contribution in [3.05, 3.63) is 29.3 Å². The molecule has 2 aliphatic rings. The van der Waals surface area contributed by atoms with Gasteiger partial charge in [0.1, 0.15) is 5.60 Å². The third kappa shape index (κ3) is 1.73. The second-order valence-corrected chi connectivity index (χ2v) is 5.11. The number of Topliss-reactive ketones (excluding diaryl/α,β-unsaturated/α-hetero) is 1. The molecule has 1 aromatic rings. The zero-order chi connectivity index (χ0) is 12.8. The van der Waals surface area contributed by atoms with E-state index in [1.54, 1.807) is 12.1 Å². The molecule has 0 radical (unpaired) electrons. The van der Waals surface area contributed by atoms with E-state index in [9.17, 15) is 9.59 Å². The lowest BCUT2D eigenvalue weighted by molar-refractivity contribution is -0.115. The van der Waals surface area contributed by atoms with Gasteiger partial charge in [-0.1, -0.05) is 0 Å². The van der Waals surface area contributed by atoms with E-state index in [0.29, 0.717) is 18.6 Å². The van der Waals surface area contributed by atoms with E-state index in [2.05, 4.69) is 5.32 Å². The van der Waals surface area contributed by atoms with Crippen LogP contribution in [0, 0.1) is 0 Å². The van der Waals surface area contributed by atoms with Crippen LogP contribution < -0.4 is 5.32 Å². The molecule has 2 aliphatic heterocycles. The van der Waals surface area contributed by atoms with Gasteiger partial charge in [0.2, 0.25) is 5.91 Å². The number of ether oxygens (including phenoxy) is 1. The van der Waals surface area contributed by atoms with E-state index in [-0.39, 0.29) is 11.7 Å². The van der Waals surface area contributed by atoms with Gasteiger partial charge in [0, 0.05) is 17.9 Å². The molecule has 0 aromatic heterocycles. The molecule has 3 rings (SSSR count). The van der Waals surface area contributed by atoms with Crippen LogP contribution in [0.2, 0.25) is 0 Å². The highest BCUT2D eigenvalue weighted by atomic mass is 16.5. The second-order valence-electron chi connectivity index (χ2n) is 5.11. The Kier molecular flexibility index (Phi) is 2.48. The first-order valence-corrected chi connectivity index (χ1v) is 6.20. The zero-order valence-corrected chi connectivity index (χ0v) is 10.3. The molecule has 1 fully saturated rings. The van der Waals surface area contributed by atoms with E-state index in [0.717, 1.165) is 24.1 Å². The topological polar surface area (TPSA) is 55.4 Å². The largest absolute Gasteiger partial charge is 0.367 e. The minimum absolute atomic E-state index is 0.0158. The van der Waals surface area contributed by atoms with Crippen LogP contribution in [0.25, 0.3) is 0 Å². The fourth-order valence-corrected chi connectivity index (χ4v) is 2.63. The van der Waals surface area contributed by atoms with Crippen molar-refractivity contribution >= 4 is 17.4 Å². The summed E-state index contributed by atoms with van der Waals surface area (Å²) in [6.07, 6.45) is 2.04. The Labute approximate surface area is 105 Å². The second kappa shape index (κ2) is 3.92. The average Bonchev–Trinajstić information content (AvgIpc) is 2.93. The van der Waals surface area contributed by atoms with Crippen LogP contribution >= 0.6 is 0 Å². The Bertz CT molecular complexity index is 530. The van der Waals surface area contributed by atoms with Crippen molar-refractivity contribution in [3.8, 4) is 0 Å². The molecule has 1 N–H and O–H groups in total. The number of carbonyl (C=O) groups excluding carboxylic acids is 2. The monoisotopic (exact) mass is 245 g/mol. The van der Waals surface area contributed by atoms with Crippen molar-refractivity contribution in [2.24, 2.45) is 0 Å². The molecule has 18 heavy (non-hydrogen) atoms. The number of anilines is 1. The summed E-state index contributed by atoms with van der Waals surface area (Å²) in [5.74, 6) is 0.0000704. The Morgan fingerprint density at radius 1 is 1.44 bits per heavy atom. The molecule has 0 aliphatic carbocycles. The van der Waals surface area contributed by atoms with Gasteiger partial charge in [0.15, 0.2) is 5.78 Å². The van der Waals surface area contributed by atoms with Gasteiger partial charge in [-0.2, -0.15) is 0 Å². The third-order valence-corrected chi connectivity index (χ3v) is 3.69. The molecule has 1 aromatic carbocycles. The molecule has 4 nitrogen and oxygen atoms in total. The van der Waals surface area contributed by atoms with Gasteiger partial charge >= 0.3 is 0 Å². The van der Waals surface area contributed by atoms with E-state index in [4.69, 9.17) is 4.74 Å². The maximum Gasteiger partial charge on any atom is 0.228 e. The lowest BCUT2D eigenvalue weighted by Gasteiger charge is -2.21. The van der Waals surface area contributed by atoms with E-state index in [1.165, 1.54) is 0 Å². The molecule has 2 heterocycles. The number of benzene rings is 1. The Balaban J connectivity index is 1.92. The fourth-order valence-electron chi connectivity index (χ4n) is 2.63. The van der Waals surface area contributed by atoms with Gasteiger partial charge < -0.3 is 10.1 Å². The Morgan fingerprint density at radius 2 is 2.28 bits per heavy atom. The number of hydrogen-bond acceptors (Lipinski definition) is 3. The fraction of sp³-hybridized carbons (Fsp3) is 0.429. The molecule has 1 saturated heterocycles. The van der Waals surface area contributed by atoms with Crippen LogP contribution in [0.4, 0.5) is 5.69 Å². The number of rotatable bonds is 2. The quantitative estimate of drug-likeness (QED) is 0.810. The molecule has 0 spiro atoms. The lowest BCUT2D eigenvalue weighted by Crippen LogP contribution is -2.34. The van der Waals surface area contributed by atoms with E-state index in [1.807, 2.05) is 13.0 Å². The van der Waals surface area contributed by atoms with Gasteiger partial charge in [-0.25, -0.2) is 0 Å². The van der Waals surface area contributed by atoms with Crippen LogP contribution in [-0.2, 0) is 16.0 Å². The summed E-state index contributed by atoms with van der Waals surface area (Å²) in [7, 11) is 0. The smallest absolute Gasteiger partial charge is 0.228 e. The highest BCUT2D eigenvalue weighted by Crippen LogP contribution is 2.31.